The number of para-hydroxylation sites is 1. The molecule has 0 aliphatic carbocycles. The molecule has 0 unspecified atom stereocenters. The second-order valence-electron chi connectivity index (χ2n) is 4.73. The monoisotopic (exact) mass is 267 g/mol. The molecule has 0 spiro atoms. The Balaban J connectivity index is 2.79. The number of aromatic hydroxyl groups is 2. The molecule has 0 atom stereocenters. The summed E-state index contributed by atoms with van der Waals surface area (Å²) in [6.45, 7) is 3.48. The molecule has 7 heteroatoms. The summed E-state index contributed by atoms with van der Waals surface area (Å²) in [5.74, 6) is -1.44. The average Bonchev–Trinajstić information content (AvgIpc) is 2.38. The molecule has 104 valence electrons. The van der Waals surface area contributed by atoms with Gasteiger partial charge < -0.3 is 26.5 Å². The molecule has 6 N–H and O–H groups in total. The average molecular weight is 267 g/mol. The minimum absolute atomic E-state index is 0.0204. The third-order valence-electron chi connectivity index (χ3n) is 2.75. The van der Waals surface area contributed by atoms with Gasteiger partial charge in [0.1, 0.15) is 5.84 Å². The molecule has 0 saturated carbocycles. The molecule has 7 nitrogen and oxygen atoms in total. The highest BCUT2D eigenvalue weighted by atomic mass is 16.4. The van der Waals surface area contributed by atoms with Gasteiger partial charge in [-0.25, -0.2) is 0 Å². The number of benzene rings is 1. The van der Waals surface area contributed by atoms with E-state index in [1.54, 1.807) is 13.8 Å². The Morgan fingerprint density at radius 3 is 2.63 bits per heavy atom. The number of hydrogen-bond donors (Lipinski definition) is 5. The maximum absolute atomic E-state index is 11.8. The first-order valence-corrected chi connectivity index (χ1v) is 5.56. The van der Waals surface area contributed by atoms with Gasteiger partial charge in [-0.2, -0.15) is 0 Å². The quantitative estimate of drug-likeness (QED) is 0.179. The van der Waals surface area contributed by atoms with Gasteiger partial charge in [-0.15, -0.1) is 0 Å². The van der Waals surface area contributed by atoms with E-state index in [-0.39, 0.29) is 23.7 Å². The van der Waals surface area contributed by atoms with Crippen LogP contribution in [0, 0.1) is 5.41 Å². The maximum atomic E-state index is 11.8. The summed E-state index contributed by atoms with van der Waals surface area (Å²) < 4.78 is 0. The SMILES string of the molecule is CC(C)(CNC(=O)c1cccc(O)c1O)/C(N)=N/O. The first-order valence-electron chi connectivity index (χ1n) is 5.56. The van der Waals surface area contributed by atoms with Crippen LogP contribution in [0.25, 0.3) is 0 Å². The lowest BCUT2D eigenvalue weighted by Crippen LogP contribution is -2.42. The summed E-state index contributed by atoms with van der Waals surface area (Å²) in [7, 11) is 0. The zero-order valence-corrected chi connectivity index (χ0v) is 10.7. The fourth-order valence-electron chi connectivity index (χ4n) is 1.34. The molecule has 0 fully saturated rings. The van der Waals surface area contributed by atoms with Crippen molar-refractivity contribution in [2.45, 2.75) is 13.8 Å². The van der Waals surface area contributed by atoms with E-state index in [0.29, 0.717) is 0 Å². The van der Waals surface area contributed by atoms with Crippen molar-refractivity contribution in [1.29, 1.82) is 0 Å². The van der Waals surface area contributed by atoms with E-state index in [0.717, 1.165) is 0 Å². The van der Waals surface area contributed by atoms with Crippen molar-refractivity contribution in [3.05, 3.63) is 23.8 Å². The molecule has 1 amide bonds. The van der Waals surface area contributed by atoms with Crippen molar-refractivity contribution in [3.8, 4) is 11.5 Å². The standard InChI is InChI=1S/C12H17N3O4/c1-12(2,11(13)15-19)6-14-10(18)7-4-3-5-8(16)9(7)17/h3-5,16-17,19H,6H2,1-2H3,(H2,13,15)(H,14,18). The summed E-state index contributed by atoms with van der Waals surface area (Å²) in [5, 5.41) is 32.9. The van der Waals surface area contributed by atoms with Crippen LogP contribution in [-0.2, 0) is 0 Å². The van der Waals surface area contributed by atoms with Crippen LogP contribution < -0.4 is 11.1 Å². The molecular weight excluding hydrogens is 250 g/mol. The normalized spacial score (nSPS) is 12.2. The lowest BCUT2D eigenvalue weighted by Gasteiger charge is -2.23. The van der Waals surface area contributed by atoms with Crippen molar-refractivity contribution in [2.24, 2.45) is 16.3 Å². The Kier molecular flexibility index (Phi) is 4.21. The Morgan fingerprint density at radius 2 is 2.05 bits per heavy atom. The second-order valence-corrected chi connectivity index (χ2v) is 4.73. The number of rotatable bonds is 4. The van der Waals surface area contributed by atoms with Gasteiger partial charge in [-0.05, 0) is 12.1 Å². The zero-order valence-electron chi connectivity index (χ0n) is 10.7. The molecule has 0 heterocycles. The van der Waals surface area contributed by atoms with Gasteiger partial charge in [-0.1, -0.05) is 25.1 Å². The van der Waals surface area contributed by atoms with Crippen molar-refractivity contribution in [3.63, 3.8) is 0 Å². The van der Waals surface area contributed by atoms with Crippen LogP contribution in [0.1, 0.15) is 24.2 Å². The molecule has 1 aromatic carbocycles. The number of phenols is 2. The topological polar surface area (TPSA) is 128 Å². The largest absolute Gasteiger partial charge is 0.504 e. The fourth-order valence-corrected chi connectivity index (χ4v) is 1.34. The smallest absolute Gasteiger partial charge is 0.255 e. The van der Waals surface area contributed by atoms with Crippen LogP contribution in [0.3, 0.4) is 0 Å². The van der Waals surface area contributed by atoms with E-state index in [1.165, 1.54) is 18.2 Å². The molecule has 0 saturated heterocycles. The Labute approximate surface area is 110 Å². The summed E-state index contributed by atoms with van der Waals surface area (Å²) in [4.78, 5) is 11.8. The maximum Gasteiger partial charge on any atom is 0.255 e. The van der Waals surface area contributed by atoms with Crippen molar-refractivity contribution in [1.82, 2.24) is 5.32 Å². The summed E-state index contributed by atoms with van der Waals surface area (Å²) in [5.41, 5.74) is 4.70. The van der Waals surface area contributed by atoms with Gasteiger partial charge >= 0.3 is 0 Å². The van der Waals surface area contributed by atoms with Crippen molar-refractivity contribution >= 4 is 11.7 Å². The molecule has 0 radical (unpaired) electrons. The van der Waals surface area contributed by atoms with Gasteiger partial charge in [0, 0.05) is 12.0 Å². The third-order valence-corrected chi connectivity index (χ3v) is 2.75. The number of hydrogen-bond acceptors (Lipinski definition) is 5. The second kappa shape index (κ2) is 5.47. The number of oxime groups is 1. The van der Waals surface area contributed by atoms with Gasteiger partial charge in [0.2, 0.25) is 0 Å². The van der Waals surface area contributed by atoms with Gasteiger partial charge in [-0.3, -0.25) is 4.79 Å². The lowest BCUT2D eigenvalue weighted by molar-refractivity contribution is 0.0941. The molecule has 1 aromatic rings. The van der Waals surface area contributed by atoms with Crippen LogP contribution >= 0.6 is 0 Å². The van der Waals surface area contributed by atoms with Gasteiger partial charge in [0.05, 0.1) is 5.56 Å². The zero-order chi connectivity index (χ0) is 14.6. The number of nitrogens with one attached hydrogen (secondary N) is 1. The number of phenolic OH excluding ortho intramolecular Hbond substituents is 2. The molecule has 0 bridgehead atoms. The molecule has 0 aromatic heterocycles. The predicted octanol–water partition coefficient (Wildman–Crippen LogP) is 0.600. The minimum atomic E-state index is -0.739. The van der Waals surface area contributed by atoms with Crippen molar-refractivity contribution in [2.75, 3.05) is 6.54 Å². The van der Waals surface area contributed by atoms with E-state index in [9.17, 15) is 15.0 Å². The highest BCUT2D eigenvalue weighted by Crippen LogP contribution is 2.28. The summed E-state index contributed by atoms with van der Waals surface area (Å²) in [6, 6.07) is 4.09. The van der Waals surface area contributed by atoms with Gasteiger partial charge in [0.15, 0.2) is 11.5 Å². The van der Waals surface area contributed by atoms with Crippen LogP contribution in [0.15, 0.2) is 23.4 Å². The summed E-state index contributed by atoms with van der Waals surface area (Å²) in [6.07, 6.45) is 0. The van der Waals surface area contributed by atoms with Gasteiger partial charge in [0.25, 0.3) is 5.91 Å². The highest BCUT2D eigenvalue weighted by molar-refractivity contribution is 5.98. The first-order chi connectivity index (χ1) is 8.79. The van der Waals surface area contributed by atoms with E-state index < -0.39 is 17.1 Å². The molecular formula is C12H17N3O4. The number of carbonyl (C=O) groups excluding carboxylic acids is 1. The van der Waals surface area contributed by atoms with Crippen molar-refractivity contribution < 1.29 is 20.2 Å². The Morgan fingerprint density at radius 1 is 1.42 bits per heavy atom. The van der Waals surface area contributed by atoms with E-state index in [2.05, 4.69) is 10.5 Å². The molecule has 0 aliphatic rings. The summed E-state index contributed by atoms with van der Waals surface area (Å²) >= 11 is 0. The Hall–Kier alpha value is -2.44. The number of nitrogens with zero attached hydrogens (tertiary/aromatic N) is 1. The number of amides is 1. The molecule has 1 rings (SSSR count). The molecule has 0 aliphatic heterocycles. The number of nitrogens with two attached hydrogens (primary N) is 1. The van der Waals surface area contributed by atoms with Crippen LogP contribution in [0.4, 0.5) is 0 Å². The van der Waals surface area contributed by atoms with Crippen LogP contribution in [-0.4, -0.2) is 33.7 Å². The first kappa shape index (κ1) is 14.6. The number of amidine groups is 1. The Bertz CT molecular complexity index is 512. The fraction of sp³-hybridized carbons (Fsp3) is 0.333. The minimum Gasteiger partial charge on any atom is -0.504 e. The lowest BCUT2D eigenvalue weighted by atomic mass is 9.92. The van der Waals surface area contributed by atoms with Crippen LogP contribution in [0.5, 0.6) is 11.5 Å². The molecule has 19 heavy (non-hydrogen) atoms. The van der Waals surface area contributed by atoms with E-state index in [1.807, 2.05) is 0 Å². The predicted molar refractivity (Wildman–Crippen MR) is 69.3 cm³/mol. The number of carbonyl (C=O) groups is 1. The van der Waals surface area contributed by atoms with E-state index >= 15 is 0 Å². The third kappa shape index (κ3) is 3.27. The van der Waals surface area contributed by atoms with Crippen LogP contribution in [0.2, 0.25) is 0 Å². The highest BCUT2D eigenvalue weighted by Gasteiger charge is 2.25. The van der Waals surface area contributed by atoms with E-state index in [4.69, 9.17) is 10.9 Å².